The lowest BCUT2D eigenvalue weighted by Gasteiger charge is -2.22. The van der Waals surface area contributed by atoms with Crippen molar-refractivity contribution in [1.82, 2.24) is 15.5 Å². The topological polar surface area (TPSA) is 78.5 Å². The third kappa shape index (κ3) is 3.64. The van der Waals surface area contributed by atoms with Crippen molar-refractivity contribution in [2.45, 2.75) is 19.0 Å². The second kappa shape index (κ2) is 7.14. The molecular weight excluding hydrogens is 356 g/mol. The summed E-state index contributed by atoms with van der Waals surface area (Å²) in [5.41, 5.74) is -1.23. The number of nitrogens with zero attached hydrogens (tertiary/aromatic N) is 1. The van der Waals surface area contributed by atoms with Gasteiger partial charge in [0.15, 0.2) is 0 Å². The molecule has 1 aliphatic heterocycles. The molecule has 1 saturated heterocycles. The fraction of sp³-hybridized carbons (Fsp3) is 0.211. The predicted molar refractivity (Wildman–Crippen MR) is 92.2 cm³/mol. The van der Waals surface area contributed by atoms with Crippen molar-refractivity contribution in [3.63, 3.8) is 0 Å². The number of hydrogen-bond donors (Lipinski definition) is 2. The quantitative estimate of drug-likeness (QED) is 0.788. The number of benzene rings is 2. The van der Waals surface area contributed by atoms with Gasteiger partial charge in [-0.05, 0) is 30.7 Å². The van der Waals surface area contributed by atoms with Crippen LogP contribution in [-0.2, 0) is 21.7 Å². The SMILES string of the molecule is C[C@]1(c2cc(F)ccc2F)NC(=O)N(CC(=O)NCc2ccccc2)C1=O. The van der Waals surface area contributed by atoms with E-state index in [9.17, 15) is 23.2 Å². The van der Waals surface area contributed by atoms with E-state index in [4.69, 9.17) is 0 Å². The summed E-state index contributed by atoms with van der Waals surface area (Å²) in [7, 11) is 0. The lowest BCUT2D eigenvalue weighted by molar-refractivity contribution is -0.134. The van der Waals surface area contributed by atoms with E-state index in [-0.39, 0.29) is 12.1 Å². The molecule has 0 radical (unpaired) electrons. The Kier molecular flexibility index (Phi) is 4.89. The molecule has 0 unspecified atom stereocenters. The minimum Gasteiger partial charge on any atom is -0.350 e. The molecule has 0 saturated carbocycles. The first-order valence-corrected chi connectivity index (χ1v) is 8.21. The fourth-order valence-electron chi connectivity index (χ4n) is 2.90. The van der Waals surface area contributed by atoms with E-state index in [0.717, 1.165) is 23.8 Å². The maximum Gasteiger partial charge on any atom is 0.325 e. The van der Waals surface area contributed by atoms with Crippen LogP contribution in [0, 0.1) is 11.6 Å². The molecule has 2 N–H and O–H groups in total. The Morgan fingerprint density at radius 1 is 1.15 bits per heavy atom. The highest BCUT2D eigenvalue weighted by molar-refractivity contribution is 6.09. The molecule has 27 heavy (non-hydrogen) atoms. The van der Waals surface area contributed by atoms with Gasteiger partial charge in [0, 0.05) is 12.1 Å². The van der Waals surface area contributed by atoms with Crippen LogP contribution in [0.15, 0.2) is 48.5 Å². The van der Waals surface area contributed by atoms with Crippen molar-refractivity contribution in [3.05, 3.63) is 71.3 Å². The van der Waals surface area contributed by atoms with Crippen molar-refractivity contribution in [2.24, 2.45) is 0 Å². The maximum absolute atomic E-state index is 14.1. The standard InChI is InChI=1S/C19H17F2N3O3/c1-19(14-9-13(20)7-8-15(14)21)17(26)24(18(27)23-19)11-16(25)22-10-12-5-3-2-4-6-12/h2-9H,10-11H2,1H3,(H,22,25)(H,23,27)/t19-/m1/s1. The van der Waals surface area contributed by atoms with Crippen LogP contribution in [0.4, 0.5) is 13.6 Å². The van der Waals surface area contributed by atoms with Crippen molar-refractivity contribution in [3.8, 4) is 0 Å². The smallest absolute Gasteiger partial charge is 0.325 e. The van der Waals surface area contributed by atoms with Gasteiger partial charge in [-0.2, -0.15) is 0 Å². The average Bonchev–Trinajstić information content (AvgIpc) is 2.87. The van der Waals surface area contributed by atoms with Gasteiger partial charge in [0.05, 0.1) is 0 Å². The number of amides is 4. The largest absolute Gasteiger partial charge is 0.350 e. The molecule has 3 rings (SSSR count). The van der Waals surface area contributed by atoms with Crippen LogP contribution in [0.25, 0.3) is 0 Å². The Labute approximate surface area is 154 Å². The summed E-state index contributed by atoms with van der Waals surface area (Å²) < 4.78 is 27.6. The van der Waals surface area contributed by atoms with Crippen molar-refractivity contribution < 1.29 is 23.2 Å². The zero-order valence-electron chi connectivity index (χ0n) is 14.5. The van der Waals surface area contributed by atoms with Crippen LogP contribution in [0.5, 0.6) is 0 Å². The Morgan fingerprint density at radius 2 is 1.85 bits per heavy atom. The van der Waals surface area contributed by atoms with Crippen molar-refractivity contribution in [2.75, 3.05) is 6.54 Å². The molecular formula is C19H17F2N3O3. The van der Waals surface area contributed by atoms with Gasteiger partial charge in [-0.1, -0.05) is 30.3 Å². The molecule has 1 fully saturated rings. The van der Waals surface area contributed by atoms with Crippen LogP contribution in [0.3, 0.4) is 0 Å². The summed E-state index contributed by atoms with van der Waals surface area (Å²) in [5.74, 6) is -2.95. The molecule has 4 amide bonds. The van der Waals surface area contributed by atoms with E-state index < -0.39 is 41.6 Å². The zero-order valence-corrected chi connectivity index (χ0v) is 14.5. The Hall–Kier alpha value is -3.29. The first-order chi connectivity index (χ1) is 12.8. The summed E-state index contributed by atoms with van der Waals surface area (Å²) in [5, 5.41) is 4.95. The van der Waals surface area contributed by atoms with E-state index in [1.54, 1.807) is 0 Å². The monoisotopic (exact) mass is 373 g/mol. The normalized spacial score (nSPS) is 19.1. The second-order valence-corrected chi connectivity index (χ2v) is 6.33. The molecule has 6 nitrogen and oxygen atoms in total. The fourth-order valence-corrected chi connectivity index (χ4v) is 2.90. The Balaban J connectivity index is 1.72. The number of carbonyl (C=O) groups excluding carboxylic acids is 3. The summed E-state index contributed by atoms with van der Waals surface area (Å²) >= 11 is 0. The second-order valence-electron chi connectivity index (χ2n) is 6.33. The molecule has 0 aliphatic carbocycles. The molecule has 140 valence electrons. The third-order valence-electron chi connectivity index (χ3n) is 4.38. The first kappa shape index (κ1) is 18.5. The highest BCUT2D eigenvalue weighted by Gasteiger charge is 2.50. The average molecular weight is 373 g/mol. The van der Waals surface area contributed by atoms with Crippen LogP contribution >= 0.6 is 0 Å². The van der Waals surface area contributed by atoms with Gasteiger partial charge in [-0.3, -0.25) is 14.5 Å². The molecule has 2 aromatic carbocycles. The van der Waals surface area contributed by atoms with Crippen LogP contribution in [0.2, 0.25) is 0 Å². The van der Waals surface area contributed by atoms with Gasteiger partial charge >= 0.3 is 6.03 Å². The Bertz CT molecular complexity index is 904. The number of hydrogen-bond acceptors (Lipinski definition) is 3. The Morgan fingerprint density at radius 3 is 2.56 bits per heavy atom. The molecule has 1 atom stereocenters. The molecule has 8 heteroatoms. The lowest BCUT2D eigenvalue weighted by atomic mass is 9.91. The molecule has 2 aromatic rings. The van der Waals surface area contributed by atoms with Crippen LogP contribution < -0.4 is 10.6 Å². The van der Waals surface area contributed by atoms with Gasteiger partial charge in [-0.25, -0.2) is 13.6 Å². The number of urea groups is 1. The van der Waals surface area contributed by atoms with E-state index in [0.29, 0.717) is 4.90 Å². The first-order valence-electron chi connectivity index (χ1n) is 8.21. The van der Waals surface area contributed by atoms with Gasteiger partial charge < -0.3 is 10.6 Å². The summed E-state index contributed by atoms with van der Waals surface area (Å²) in [6, 6.07) is 10.9. The van der Waals surface area contributed by atoms with Crippen LogP contribution in [0.1, 0.15) is 18.1 Å². The zero-order chi connectivity index (χ0) is 19.6. The molecule has 0 spiro atoms. The van der Waals surface area contributed by atoms with E-state index in [2.05, 4.69) is 10.6 Å². The van der Waals surface area contributed by atoms with E-state index in [1.807, 2.05) is 30.3 Å². The number of rotatable bonds is 5. The number of halogens is 2. The van der Waals surface area contributed by atoms with Crippen LogP contribution in [-0.4, -0.2) is 29.3 Å². The maximum atomic E-state index is 14.1. The lowest BCUT2D eigenvalue weighted by Crippen LogP contribution is -2.43. The molecule has 1 heterocycles. The van der Waals surface area contributed by atoms with Gasteiger partial charge in [-0.15, -0.1) is 0 Å². The van der Waals surface area contributed by atoms with Crippen molar-refractivity contribution in [1.29, 1.82) is 0 Å². The summed E-state index contributed by atoms with van der Waals surface area (Å²) in [4.78, 5) is 37.7. The summed E-state index contributed by atoms with van der Waals surface area (Å²) in [6.45, 7) is 0.982. The number of carbonyl (C=O) groups is 3. The molecule has 0 aromatic heterocycles. The summed E-state index contributed by atoms with van der Waals surface area (Å²) in [6.07, 6.45) is 0. The van der Waals surface area contributed by atoms with E-state index in [1.165, 1.54) is 6.92 Å². The highest BCUT2D eigenvalue weighted by atomic mass is 19.1. The molecule has 0 bridgehead atoms. The number of imide groups is 1. The van der Waals surface area contributed by atoms with Gasteiger partial charge in [0.25, 0.3) is 5.91 Å². The number of nitrogens with one attached hydrogen (secondary N) is 2. The third-order valence-corrected chi connectivity index (χ3v) is 4.38. The highest BCUT2D eigenvalue weighted by Crippen LogP contribution is 2.31. The van der Waals surface area contributed by atoms with E-state index >= 15 is 0 Å². The van der Waals surface area contributed by atoms with Crippen molar-refractivity contribution >= 4 is 17.8 Å². The van der Waals surface area contributed by atoms with Gasteiger partial charge in [0.2, 0.25) is 5.91 Å². The minimum atomic E-state index is -1.79. The minimum absolute atomic E-state index is 0.235. The molecule has 1 aliphatic rings. The predicted octanol–water partition coefficient (Wildman–Crippen LogP) is 2.05. The van der Waals surface area contributed by atoms with Gasteiger partial charge in [0.1, 0.15) is 23.7 Å².